The molecule has 5 nitrogen and oxygen atoms in total. The molecule has 3 N–H and O–H groups in total. The van der Waals surface area contributed by atoms with Gasteiger partial charge in [0.1, 0.15) is 0 Å². The number of hydrogen-bond donors (Lipinski definition) is 2. The molecule has 22 heavy (non-hydrogen) atoms. The molecule has 2 atom stereocenters. The third-order valence-electron chi connectivity index (χ3n) is 4.60. The lowest BCUT2D eigenvalue weighted by molar-refractivity contribution is 0.578. The lowest BCUT2D eigenvalue weighted by atomic mass is 10.2. The van der Waals surface area contributed by atoms with Crippen molar-refractivity contribution in [2.24, 2.45) is 0 Å². The van der Waals surface area contributed by atoms with Crippen LogP contribution < -0.4 is 16.0 Å². The number of piperazine rings is 1. The first-order valence-corrected chi connectivity index (χ1v) is 8.95. The van der Waals surface area contributed by atoms with Crippen molar-refractivity contribution in [3.8, 4) is 0 Å². The van der Waals surface area contributed by atoms with Crippen LogP contribution in [-0.2, 0) is 0 Å². The fraction of sp³-hybridized carbons (Fsp3) is 0.333. The van der Waals surface area contributed by atoms with E-state index in [-0.39, 0.29) is 0 Å². The summed E-state index contributed by atoms with van der Waals surface area (Å²) in [6.07, 6.45) is 1.20. The molecule has 7 heteroatoms. The van der Waals surface area contributed by atoms with Gasteiger partial charge in [-0.3, -0.25) is 0 Å². The molecule has 2 bridgehead atoms. The zero-order chi connectivity index (χ0) is 14.8. The van der Waals surface area contributed by atoms with Gasteiger partial charge in [0.25, 0.3) is 0 Å². The molecule has 2 fully saturated rings. The number of benzene rings is 1. The van der Waals surface area contributed by atoms with Crippen molar-refractivity contribution < 1.29 is 0 Å². The van der Waals surface area contributed by atoms with Crippen molar-refractivity contribution in [2.45, 2.75) is 18.5 Å². The fourth-order valence-corrected chi connectivity index (χ4v) is 5.33. The highest BCUT2D eigenvalue weighted by Crippen LogP contribution is 2.41. The number of nitrogens with one attached hydrogen (secondary N) is 1. The van der Waals surface area contributed by atoms with E-state index in [9.17, 15) is 0 Å². The Labute approximate surface area is 139 Å². The maximum absolute atomic E-state index is 6.00. The van der Waals surface area contributed by atoms with E-state index in [1.165, 1.54) is 11.1 Å². The van der Waals surface area contributed by atoms with Gasteiger partial charge < -0.3 is 16.0 Å². The van der Waals surface area contributed by atoms with Crippen LogP contribution in [0.1, 0.15) is 6.42 Å². The summed E-state index contributed by atoms with van der Waals surface area (Å²) in [6.45, 7) is 2.04. The number of nitrogens with two attached hydrogens (primary N) is 1. The zero-order valence-corrected chi connectivity index (χ0v) is 14.1. The number of aromatic nitrogens is 2. The van der Waals surface area contributed by atoms with Crippen LogP contribution >= 0.6 is 27.3 Å². The minimum atomic E-state index is 0.362. The molecule has 4 heterocycles. The number of fused-ring (bicyclic) bond motifs is 5. The Morgan fingerprint density at radius 3 is 3.05 bits per heavy atom. The minimum absolute atomic E-state index is 0.362. The van der Waals surface area contributed by atoms with E-state index in [1.54, 1.807) is 11.3 Å². The maximum Gasteiger partial charge on any atom is 0.222 e. The van der Waals surface area contributed by atoms with Gasteiger partial charge in [-0.05, 0) is 18.6 Å². The molecule has 0 unspecified atom stereocenters. The van der Waals surface area contributed by atoms with Gasteiger partial charge in [0, 0.05) is 39.7 Å². The molecule has 2 aliphatic rings. The van der Waals surface area contributed by atoms with Gasteiger partial charge >= 0.3 is 0 Å². The predicted molar refractivity (Wildman–Crippen MR) is 94.6 cm³/mol. The molecule has 0 spiro atoms. The summed E-state index contributed by atoms with van der Waals surface area (Å²) < 4.78 is 3.45. The van der Waals surface area contributed by atoms with E-state index < -0.39 is 0 Å². The second-order valence-corrected chi connectivity index (χ2v) is 7.94. The fourth-order valence-electron chi connectivity index (χ4n) is 3.63. The van der Waals surface area contributed by atoms with Crippen molar-refractivity contribution in [3.63, 3.8) is 0 Å². The van der Waals surface area contributed by atoms with Gasteiger partial charge in [-0.15, -0.1) is 11.3 Å². The molecule has 2 aliphatic heterocycles. The Balaban J connectivity index is 1.78. The van der Waals surface area contributed by atoms with Crippen molar-refractivity contribution in [1.82, 2.24) is 15.3 Å². The molecule has 112 valence electrons. The van der Waals surface area contributed by atoms with E-state index in [0.29, 0.717) is 18.0 Å². The van der Waals surface area contributed by atoms with Crippen LogP contribution in [0, 0.1) is 0 Å². The van der Waals surface area contributed by atoms with E-state index in [2.05, 4.69) is 48.2 Å². The lowest BCUT2D eigenvalue weighted by Crippen LogP contribution is -2.44. The number of rotatable bonds is 1. The zero-order valence-electron chi connectivity index (χ0n) is 11.7. The number of anilines is 2. The molecular weight excluding hydrogens is 362 g/mol. The topological polar surface area (TPSA) is 67.1 Å². The average Bonchev–Trinajstić information content (AvgIpc) is 3.19. The van der Waals surface area contributed by atoms with Crippen LogP contribution in [0.25, 0.3) is 20.3 Å². The third-order valence-corrected chi connectivity index (χ3v) is 6.24. The van der Waals surface area contributed by atoms with Crippen molar-refractivity contribution >= 4 is 59.3 Å². The summed E-state index contributed by atoms with van der Waals surface area (Å²) >= 11 is 5.30. The maximum atomic E-state index is 6.00. The van der Waals surface area contributed by atoms with Crippen LogP contribution in [0.5, 0.6) is 0 Å². The smallest absolute Gasteiger partial charge is 0.222 e. The Bertz CT molecular complexity index is 908. The molecule has 2 aromatic heterocycles. The second kappa shape index (κ2) is 4.53. The Morgan fingerprint density at radius 2 is 2.27 bits per heavy atom. The minimum Gasteiger partial charge on any atom is -0.368 e. The molecule has 3 aromatic rings. The highest BCUT2D eigenvalue weighted by atomic mass is 79.9. The van der Waals surface area contributed by atoms with Gasteiger partial charge in [0.05, 0.1) is 10.2 Å². The highest BCUT2D eigenvalue weighted by molar-refractivity contribution is 9.10. The summed E-state index contributed by atoms with van der Waals surface area (Å²) in [5, 5.41) is 4.69. The number of hydrogen-bond acceptors (Lipinski definition) is 6. The monoisotopic (exact) mass is 375 g/mol. The molecule has 0 aliphatic carbocycles. The molecule has 0 amide bonds. The van der Waals surface area contributed by atoms with E-state index in [0.717, 1.165) is 39.0 Å². The number of nitrogens with zero attached hydrogens (tertiary/aromatic N) is 3. The molecule has 0 radical (unpaired) electrons. The quantitative estimate of drug-likeness (QED) is 0.684. The Kier molecular flexibility index (Phi) is 2.69. The van der Waals surface area contributed by atoms with E-state index in [1.807, 2.05) is 6.07 Å². The standard InChI is InChI=1S/C15H14BrN5S/c16-7-1-2-10-11(3-7)22-13-12(10)19-15(17)20-14(13)21-6-8-4-9(21)5-18-8/h1-3,8-9,18H,4-6H2,(H2,17,19,20)/t8-,9+/m0/s1. The van der Waals surface area contributed by atoms with Crippen LogP contribution in [0.4, 0.5) is 11.8 Å². The SMILES string of the molecule is Nc1nc(N2C[C@@H]3C[C@@H]2CN3)c2sc3cc(Br)ccc3c2n1. The van der Waals surface area contributed by atoms with Gasteiger partial charge in [0.2, 0.25) is 5.95 Å². The lowest BCUT2D eigenvalue weighted by Gasteiger charge is -2.28. The summed E-state index contributed by atoms with van der Waals surface area (Å²) in [7, 11) is 0. The van der Waals surface area contributed by atoms with E-state index in [4.69, 9.17) is 5.73 Å². The first-order chi connectivity index (χ1) is 10.7. The summed E-state index contributed by atoms with van der Waals surface area (Å²) in [5.74, 6) is 1.37. The average molecular weight is 376 g/mol. The normalized spacial score (nSPS) is 24.0. The summed E-state index contributed by atoms with van der Waals surface area (Å²) in [4.78, 5) is 11.5. The first-order valence-electron chi connectivity index (χ1n) is 7.34. The third kappa shape index (κ3) is 1.79. The number of nitrogen functional groups attached to an aromatic ring is 1. The van der Waals surface area contributed by atoms with Gasteiger partial charge in [-0.1, -0.05) is 22.0 Å². The van der Waals surface area contributed by atoms with E-state index >= 15 is 0 Å². The van der Waals surface area contributed by atoms with Gasteiger partial charge in [-0.2, -0.15) is 4.98 Å². The molecule has 1 aromatic carbocycles. The van der Waals surface area contributed by atoms with Crippen LogP contribution in [0.15, 0.2) is 22.7 Å². The van der Waals surface area contributed by atoms with Gasteiger partial charge in [-0.25, -0.2) is 4.98 Å². The second-order valence-electron chi connectivity index (χ2n) is 5.97. The highest BCUT2D eigenvalue weighted by Gasteiger charge is 2.39. The number of halogens is 1. The van der Waals surface area contributed by atoms with Crippen molar-refractivity contribution in [2.75, 3.05) is 23.7 Å². The number of thiophene rings is 1. The van der Waals surface area contributed by atoms with Gasteiger partial charge in [0.15, 0.2) is 5.82 Å². The first kappa shape index (κ1) is 13.0. The van der Waals surface area contributed by atoms with Crippen LogP contribution in [0.2, 0.25) is 0 Å². The summed E-state index contributed by atoms with van der Waals surface area (Å²) in [5.41, 5.74) is 6.98. The van der Waals surface area contributed by atoms with Crippen molar-refractivity contribution in [3.05, 3.63) is 22.7 Å². The van der Waals surface area contributed by atoms with Crippen LogP contribution in [0.3, 0.4) is 0 Å². The molecule has 2 saturated heterocycles. The van der Waals surface area contributed by atoms with Crippen LogP contribution in [-0.4, -0.2) is 35.1 Å². The predicted octanol–water partition coefficient (Wildman–Crippen LogP) is 2.74. The van der Waals surface area contributed by atoms with Crippen molar-refractivity contribution in [1.29, 1.82) is 0 Å². The largest absolute Gasteiger partial charge is 0.368 e. The molecule has 0 saturated carbocycles. The molecular formula is C15H14BrN5S. The Morgan fingerprint density at radius 1 is 1.36 bits per heavy atom. The summed E-state index contributed by atoms with van der Waals surface area (Å²) in [6, 6.07) is 7.40. The Hall–Kier alpha value is -1.44. The molecule has 5 rings (SSSR count).